The molecule has 2 rings (SSSR count). The van der Waals surface area contributed by atoms with Crippen LogP contribution in [-0.2, 0) is 6.42 Å². The van der Waals surface area contributed by atoms with Crippen molar-refractivity contribution in [3.63, 3.8) is 0 Å². The Balaban J connectivity index is 2.38. The molecule has 0 atom stereocenters. The zero-order valence-electron chi connectivity index (χ0n) is 13.7. The second kappa shape index (κ2) is 8.39. The first-order chi connectivity index (χ1) is 12.1. The van der Waals surface area contributed by atoms with Crippen LogP contribution in [0.15, 0.2) is 54.4 Å². The Labute approximate surface area is 145 Å². The molecule has 0 saturated heterocycles. The number of nitrogens with zero attached hydrogens (tertiary/aromatic N) is 1. The van der Waals surface area contributed by atoms with Gasteiger partial charge in [0.05, 0.1) is 5.70 Å². The first kappa shape index (κ1) is 17.9. The maximum atomic E-state index is 12.4. The molecule has 0 bridgehead atoms. The molecule has 0 spiro atoms. The van der Waals surface area contributed by atoms with E-state index in [0.717, 1.165) is 18.0 Å². The average Bonchev–Trinajstić information content (AvgIpc) is 2.65. The summed E-state index contributed by atoms with van der Waals surface area (Å²) in [6.45, 7) is 0. The molecule has 0 saturated carbocycles. The Morgan fingerprint density at radius 1 is 1.20 bits per heavy atom. The topological polar surface area (TPSA) is 121 Å². The number of aromatic nitrogens is 1. The van der Waals surface area contributed by atoms with Gasteiger partial charge in [-0.1, -0.05) is 30.3 Å². The minimum atomic E-state index is -0.470. The minimum absolute atomic E-state index is 0.147. The van der Waals surface area contributed by atoms with Gasteiger partial charge in [0.1, 0.15) is 5.69 Å². The molecule has 1 aromatic carbocycles. The number of hydrogen-bond donors (Lipinski definition) is 4. The molecule has 0 aliphatic heterocycles. The number of pyridine rings is 1. The SMILES string of the molecule is CNC(=O)c1cc(C(=O)N/C(C=N)=C/N)cc(Cc2ccccc2)n1. The summed E-state index contributed by atoms with van der Waals surface area (Å²) in [6.07, 6.45) is 2.54. The highest BCUT2D eigenvalue weighted by molar-refractivity contribution is 6.01. The normalized spacial score (nSPS) is 10.8. The maximum absolute atomic E-state index is 12.4. The van der Waals surface area contributed by atoms with E-state index in [0.29, 0.717) is 12.1 Å². The van der Waals surface area contributed by atoms with Crippen molar-refractivity contribution < 1.29 is 9.59 Å². The van der Waals surface area contributed by atoms with Gasteiger partial charge in [0, 0.05) is 37.1 Å². The van der Waals surface area contributed by atoms with Gasteiger partial charge in [0.25, 0.3) is 11.8 Å². The van der Waals surface area contributed by atoms with Crippen molar-refractivity contribution in [3.05, 3.63) is 76.9 Å². The number of allylic oxidation sites excluding steroid dienone is 1. The van der Waals surface area contributed by atoms with Crippen LogP contribution in [0.3, 0.4) is 0 Å². The molecule has 2 amide bonds. The van der Waals surface area contributed by atoms with E-state index in [1.807, 2.05) is 30.3 Å². The Bertz CT molecular complexity index is 815. The third-order valence-electron chi connectivity index (χ3n) is 3.42. The monoisotopic (exact) mass is 337 g/mol. The van der Waals surface area contributed by atoms with Crippen LogP contribution in [0.2, 0.25) is 0 Å². The van der Waals surface area contributed by atoms with Crippen molar-refractivity contribution in [1.82, 2.24) is 15.6 Å². The number of benzene rings is 1. The molecule has 5 N–H and O–H groups in total. The van der Waals surface area contributed by atoms with E-state index < -0.39 is 5.91 Å². The fraction of sp³-hybridized carbons (Fsp3) is 0.111. The predicted octanol–water partition coefficient (Wildman–Crippen LogP) is 1.21. The number of nitrogens with two attached hydrogens (primary N) is 1. The number of carbonyl (C=O) groups is 2. The molecule has 7 nitrogen and oxygen atoms in total. The largest absolute Gasteiger partial charge is 0.403 e. The Hall–Kier alpha value is -3.48. The van der Waals surface area contributed by atoms with Crippen LogP contribution in [0.5, 0.6) is 0 Å². The van der Waals surface area contributed by atoms with Crippen molar-refractivity contribution >= 4 is 18.0 Å². The van der Waals surface area contributed by atoms with Gasteiger partial charge in [0.2, 0.25) is 0 Å². The summed E-state index contributed by atoms with van der Waals surface area (Å²) in [5.41, 5.74) is 7.51. The highest BCUT2D eigenvalue weighted by Crippen LogP contribution is 2.12. The number of carbonyl (C=O) groups excluding carboxylic acids is 2. The number of rotatable bonds is 6. The van der Waals surface area contributed by atoms with E-state index in [9.17, 15) is 9.59 Å². The molecule has 0 fully saturated rings. The van der Waals surface area contributed by atoms with Crippen LogP contribution >= 0.6 is 0 Å². The van der Waals surface area contributed by atoms with E-state index in [1.54, 1.807) is 6.07 Å². The fourth-order valence-electron chi connectivity index (χ4n) is 2.19. The lowest BCUT2D eigenvalue weighted by Crippen LogP contribution is -2.26. The standard InChI is InChI=1S/C18H19N5O2/c1-21-18(25)16-9-13(17(24)23-15(10-19)11-20)8-14(22-16)7-12-5-3-2-4-6-12/h2-6,8-11,19H,7,20H2,1H3,(H,21,25)(H,23,24)/b15-11+,19-10?. The molecule has 7 heteroatoms. The van der Waals surface area contributed by atoms with Crippen LogP contribution in [0, 0.1) is 5.41 Å². The van der Waals surface area contributed by atoms with Gasteiger partial charge >= 0.3 is 0 Å². The molecule has 0 unspecified atom stereocenters. The summed E-state index contributed by atoms with van der Waals surface area (Å²) in [6, 6.07) is 12.6. The van der Waals surface area contributed by atoms with Gasteiger partial charge in [-0.2, -0.15) is 0 Å². The number of hydrogen-bond acceptors (Lipinski definition) is 5. The lowest BCUT2D eigenvalue weighted by Gasteiger charge is -2.09. The van der Waals surface area contributed by atoms with Crippen LogP contribution in [0.4, 0.5) is 0 Å². The zero-order valence-corrected chi connectivity index (χ0v) is 13.7. The molecular weight excluding hydrogens is 318 g/mol. The van der Waals surface area contributed by atoms with E-state index >= 15 is 0 Å². The van der Waals surface area contributed by atoms with E-state index in [2.05, 4.69) is 15.6 Å². The quantitative estimate of drug-likeness (QED) is 0.592. The molecule has 25 heavy (non-hydrogen) atoms. The summed E-state index contributed by atoms with van der Waals surface area (Å²) < 4.78 is 0. The Morgan fingerprint density at radius 3 is 2.52 bits per heavy atom. The van der Waals surface area contributed by atoms with Gasteiger partial charge < -0.3 is 21.8 Å². The summed E-state index contributed by atoms with van der Waals surface area (Å²) in [5.74, 6) is -0.854. The van der Waals surface area contributed by atoms with E-state index in [-0.39, 0.29) is 22.9 Å². The Morgan fingerprint density at radius 2 is 1.92 bits per heavy atom. The molecule has 0 radical (unpaired) electrons. The Kier molecular flexibility index (Phi) is 6.00. The zero-order chi connectivity index (χ0) is 18.2. The van der Waals surface area contributed by atoms with Crippen molar-refractivity contribution in [3.8, 4) is 0 Å². The van der Waals surface area contributed by atoms with Crippen molar-refractivity contribution in [2.45, 2.75) is 6.42 Å². The first-order valence-corrected chi connectivity index (χ1v) is 7.58. The molecule has 128 valence electrons. The minimum Gasteiger partial charge on any atom is -0.403 e. The van der Waals surface area contributed by atoms with E-state index in [1.165, 1.54) is 13.1 Å². The molecule has 0 aliphatic carbocycles. The molecule has 1 aromatic heterocycles. The van der Waals surface area contributed by atoms with Gasteiger partial charge in [0.15, 0.2) is 0 Å². The second-order valence-electron chi connectivity index (χ2n) is 5.19. The smallest absolute Gasteiger partial charge is 0.269 e. The van der Waals surface area contributed by atoms with E-state index in [4.69, 9.17) is 11.1 Å². The summed E-state index contributed by atoms with van der Waals surface area (Å²) >= 11 is 0. The molecule has 0 aliphatic rings. The molecular formula is C18H19N5O2. The third kappa shape index (κ3) is 4.74. The lowest BCUT2D eigenvalue weighted by atomic mass is 10.1. The van der Waals surface area contributed by atoms with Crippen LogP contribution in [-0.4, -0.2) is 30.1 Å². The summed E-state index contributed by atoms with van der Waals surface area (Å²) in [7, 11) is 1.50. The number of nitrogens with one attached hydrogen (secondary N) is 3. The highest BCUT2D eigenvalue weighted by atomic mass is 16.2. The predicted molar refractivity (Wildman–Crippen MR) is 95.4 cm³/mol. The average molecular weight is 337 g/mol. The van der Waals surface area contributed by atoms with Gasteiger partial charge in [-0.15, -0.1) is 0 Å². The first-order valence-electron chi connectivity index (χ1n) is 7.58. The third-order valence-corrected chi connectivity index (χ3v) is 3.42. The van der Waals surface area contributed by atoms with Gasteiger partial charge in [-0.3, -0.25) is 9.59 Å². The van der Waals surface area contributed by atoms with Crippen LogP contribution in [0.25, 0.3) is 0 Å². The van der Waals surface area contributed by atoms with Gasteiger partial charge in [-0.25, -0.2) is 4.98 Å². The fourth-order valence-corrected chi connectivity index (χ4v) is 2.19. The summed E-state index contributed by atoms with van der Waals surface area (Å²) in [4.78, 5) is 28.7. The number of amides is 2. The molecule has 1 heterocycles. The van der Waals surface area contributed by atoms with Crippen LogP contribution in [0.1, 0.15) is 32.1 Å². The summed E-state index contributed by atoms with van der Waals surface area (Å²) in [5, 5.41) is 12.2. The molecule has 2 aromatic rings. The van der Waals surface area contributed by atoms with Crippen molar-refractivity contribution in [1.29, 1.82) is 5.41 Å². The highest BCUT2D eigenvalue weighted by Gasteiger charge is 2.14. The van der Waals surface area contributed by atoms with Crippen molar-refractivity contribution in [2.75, 3.05) is 7.05 Å². The maximum Gasteiger partial charge on any atom is 0.269 e. The van der Waals surface area contributed by atoms with Crippen molar-refractivity contribution in [2.24, 2.45) is 5.73 Å². The van der Waals surface area contributed by atoms with Gasteiger partial charge in [-0.05, 0) is 17.7 Å². The lowest BCUT2D eigenvalue weighted by molar-refractivity contribution is 0.0958. The van der Waals surface area contributed by atoms with Crippen LogP contribution < -0.4 is 16.4 Å². The second-order valence-corrected chi connectivity index (χ2v) is 5.19.